The van der Waals surface area contributed by atoms with E-state index in [1.54, 1.807) is 4.57 Å². The molecular weight excluding hydrogens is 464 g/mol. The number of aromatic amines is 1. The van der Waals surface area contributed by atoms with E-state index in [0.717, 1.165) is 15.7 Å². The van der Waals surface area contributed by atoms with Gasteiger partial charge in [0, 0.05) is 16.7 Å². The lowest BCUT2D eigenvalue weighted by molar-refractivity contribution is -0.118. The average Bonchev–Trinajstić information content (AvgIpc) is 3.12. The van der Waals surface area contributed by atoms with Gasteiger partial charge in [0.25, 0.3) is 5.56 Å². The lowest BCUT2D eigenvalue weighted by atomic mass is 10.2. The molecule has 0 atom stereocenters. The maximum absolute atomic E-state index is 13.1. The highest BCUT2D eigenvalue weighted by Crippen LogP contribution is 2.21. The van der Waals surface area contributed by atoms with Crippen LogP contribution >= 0.6 is 27.7 Å². The van der Waals surface area contributed by atoms with Gasteiger partial charge in [0.05, 0.1) is 17.0 Å². The summed E-state index contributed by atoms with van der Waals surface area (Å²) in [5.41, 5.74) is 3.45. The van der Waals surface area contributed by atoms with Crippen LogP contribution in [0.25, 0.3) is 16.7 Å². The molecule has 2 aromatic heterocycles. The molecule has 0 fully saturated rings. The minimum absolute atomic E-state index is 0.126. The summed E-state index contributed by atoms with van der Waals surface area (Å²) in [6, 6.07) is 18.9. The number of aryl methyl sites for hydroxylation is 1. The molecule has 0 aliphatic carbocycles. The van der Waals surface area contributed by atoms with Gasteiger partial charge in [-0.1, -0.05) is 58.0 Å². The first-order valence-corrected chi connectivity index (χ1v) is 11.1. The highest BCUT2D eigenvalue weighted by atomic mass is 79.9. The number of nitrogens with one attached hydrogen (secondary N) is 2. The number of amides is 1. The van der Waals surface area contributed by atoms with Gasteiger partial charge in [-0.25, -0.2) is 4.98 Å². The molecule has 0 saturated heterocycles. The van der Waals surface area contributed by atoms with Crippen molar-refractivity contribution in [3.63, 3.8) is 0 Å². The normalized spacial score (nSPS) is 11.0. The van der Waals surface area contributed by atoms with Gasteiger partial charge in [0.15, 0.2) is 5.16 Å². The van der Waals surface area contributed by atoms with Gasteiger partial charge in [0.1, 0.15) is 5.52 Å². The molecule has 1 amide bonds. The molecule has 8 heteroatoms. The van der Waals surface area contributed by atoms with Gasteiger partial charge in [-0.15, -0.1) is 0 Å². The summed E-state index contributed by atoms with van der Waals surface area (Å²) in [5, 5.41) is 3.39. The molecule has 0 unspecified atom stereocenters. The van der Waals surface area contributed by atoms with E-state index in [4.69, 9.17) is 0 Å². The van der Waals surface area contributed by atoms with Gasteiger partial charge >= 0.3 is 0 Å². The van der Waals surface area contributed by atoms with Crippen LogP contribution in [0.4, 0.5) is 0 Å². The number of H-pyrrole nitrogens is 1. The number of hydrogen-bond acceptors (Lipinski definition) is 4. The molecule has 0 aliphatic rings. The Bertz CT molecular complexity index is 1270. The maximum Gasteiger partial charge on any atom is 0.283 e. The van der Waals surface area contributed by atoms with Crippen LogP contribution in [-0.4, -0.2) is 26.2 Å². The smallest absolute Gasteiger partial charge is 0.283 e. The summed E-state index contributed by atoms with van der Waals surface area (Å²) < 4.78 is 2.51. The van der Waals surface area contributed by atoms with Crippen molar-refractivity contribution in [2.45, 2.75) is 18.6 Å². The standard InChI is InChI=1S/C22H19BrN4O2S/c1-14-10-18-20(25-14)21(29)27(17-8-3-2-4-9-17)22(26-18)30-13-19(28)24-12-15-6-5-7-16(23)11-15/h2-11,25H,12-13H2,1H3,(H,24,28). The molecular formula is C22H19BrN4O2S. The Morgan fingerprint density at radius 1 is 1.17 bits per heavy atom. The van der Waals surface area contributed by atoms with Crippen LogP contribution in [0.2, 0.25) is 0 Å². The second-order valence-corrected chi connectivity index (χ2v) is 8.64. The summed E-state index contributed by atoms with van der Waals surface area (Å²) in [4.78, 5) is 33.3. The second-order valence-electron chi connectivity index (χ2n) is 6.78. The monoisotopic (exact) mass is 482 g/mol. The highest BCUT2D eigenvalue weighted by molar-refractivity contribution is 9.10. The van der Waals surface area contributed by atoms with Crippen molar-refractivity contribution < 1.29 is 4.79 Å². The molecule has 0 radical (unpaired) electrons. The van der Waals surface area contributed by atoms with Gasteiger partial charge < -0.3 is 10.3 Å². The first-order chi connectivity index (χ1) is 14.5. The third-order valence-corrected chi connectivity index (χ3v) is 5.91. The Kier molecular flexibility index (Phi) is 6.06. The van der Waals surface area contributed by atoms with E-state index in [1.165, 1.54) is 11.8 Å². The maximum atomic E-state index is 13.1. The number of rotatable bonds is 6. The molecule has 0 aliphatic heterocycles. The molecule has 0 saturated carbocycles. The van der Waals surface area contributed by atoms with E-state index < -0.39 is 0 Å². The number of aromatic nitrogens is 3. The predicted molar refractivity (Wildman–Crippen MR) is 123 cm³/mol. The predicted octanol–water partition coefficient (Wildman–Crippen LogP) is 4.19. The Morgan fingerprint density at radius 3 is 2.73 bits per heavy atom. The molecule has 2 heterocycles. The number of nitrogens with zero attached hydrogens (tertiary/aromatic N) is 2. The quantitative estimate of drug-likeness (QED) is 0.319. The van der Waals surface area contributed by atoms with Crippen molar-refractivity contribution in [2.24, 2.45) is 0 Å². The van der Waals surface area contributed by atoms with E-state index >= 15 is 0 Å². The molecule has 2 N–H and O–H groups in total. The van der Waals surface area contributed by atoms with Crippen LogP contribution in [0.5, 0.6) is 0 Å². The number of carbonyl (C=O) groups excluding carboxylic acids is 1. The zero-order chi connectivity index (χ0) is 21.1. The Hall–Kier alpha value is -2.84. The minimum atomic E-state index is -0.184. The molecule has 4 rings (SSSR count). The number of para-hydroxylation sites is 1. The first kappa shape index (κ1) is 20.4. The molecule has 2 aromatic carbocycles. The molecule has 152 valence electrons. The van der Waals surface area contributed by atoms with E-state index in [2.05, 4.69) is 31.2 Å². The molecule has 0 bridgehead atoms. The van der Waals surface area contributed by atoms with Crippen molar-refractivity contribution in [3.8, 4) is 5.69 Å². The molecule has 0 spiro atoms. The van der Waals surface area contributed by atoms with Crippen LogP contribution in [0.1, 0.15) is 11.3 Å². The van der Waals surface area contributed by atoms with Crippen LogP contribution in [-0.2, 0) is 11.3 Å². The Balaban J connectivity index is 1.57. The molecule has 6 nitrogen and oxygen atoms in total. The fourth-order valence-electron chi connectivity index (χ4n) is 3.11. The van der Waals surface area contributed by atoms with Gasteiger partial charge in [-0.2, -0.15) is 0 Å². The molecule has 4 aromatic rings. The lowest BCUT2D eigenvalue weighted by Gasteiger charge is -2.12. The summed E-state index contributed by atoms with van der Waals surface area (Å²) in [6.45, 7) is 2.32. The zero-order valence-corrected chi connectivity index (χ0v) is 18.6. The van der Waals surface area contributed by atoms with Crippen molar-refractivity contribution in [3.05, 3.63) is 86.7 Å². The van der Waals surface area contributed by atoms with E-state index in [0.29, 0.717) is 28.4 Å². The second kappa shape index (κ2) is 8.89. The number of benzene rings is 2. The van der Waals surface area contributed by atoms with Crippen molar-refractivity contribution in [1.29, 1.82) is 0 Å². The third-order valence-electron chi connectivity index (χ3n) is 4.48. The highest BCUT2D eigenvalue weighted by Gasteiger charge is 2.16. The largest absolute Gasteiger partial charge is 0.353 e. The van der Waals surface area contributed by atoms with Crippen molar-refractivity contribution in [2.75, 3.05) is 5.75 Å². The number of hydrogen-bond donors (Lipinski definition) is 2. The average molecular weight is 483 g/mol. The topological polar surface area (TPSA) is 79.8 Å². The lowest BCUT2D eigenvalue weighted by Crippen LogP contribution is -2.26. The first-order valence-electron chi connectivity index (χ1n) is 9.33. The van der Waals surface area contributed by atoms with Gasteiger partial charge in [-0.05, 0) is 42.8 Å². The fraction of sp³-hybridized carbons (Fsp3) is 0.136. The van der Waals surface area contributed by atoms with Crippen LogP contribution in [0.15, 0.2) is 75.1 Å². The number of carbonyl (C=O) groups is 1. The van der Waals surface area contributed by atoms with Crippen LogP contribution in [0.3, 0.4) is 0 Å². The molecule has 30 heavy (non-hydrogen) atoms. The summed E-state index contributed by atoms with van der Waals surface area (Å²) in [5.74, 6) is 0.0292. The van der Waals surface area contributed by atoms with E-state index in [9.17, 15) is 9.59 Å². The van der Waals surface area contributed by atoms with Crippen molar-refractivity contribution >= 4 is 44.6 Å². The Morgan fingerprint density at radius 2 is 1.97 bits per heavy atom. The summed E-state index contributed by atoms with van der Waals surface area (Å²) in [7, 11) is 0. The fourth-order valence-corrected chi connectivity index (χ4v) is 4.40. The minimum Gasteiger partial charge on any atom is -0.353 e. The number of thioether (sulfide) groups is 1. The van der Waals surface area contributed by atoms with Crippen molar-refractivity contribution in [1.82, 2.24) is 19.9 Å². The number of fused-ring (bicyclic) bond motifs is 1. The van der Waals surface area contributed by atoms with Gasteiger partial charge in [-0.3, -0.25) is 14.2 Å². The summed E-state index contributed by atoms with van der Waals surface area (Å²) >= 11 is 4.67. The van der Waals surface area contributed by atoms with Crippen LogP contribution in [0, 0.1) is 6.92 Å². The Labute approximate surface area is 185 Å². The third kappa shape index (κ3) is 4.49. The van der Waals surface area contributed by atoms with Gasteiger partial charge in [0.2, 0.25) is 5.91 Å². The summed E-state index contributed by atoms with van der Waals surface area (Å²) in [6.07, 6.45) is 0. The van der Waals surface area contributed by atoms with E-state index in [1.807, 2.05) is 67.6 Å². The van der Waals surface area contributed by atoms with E-state index in [-0.39, 0.29) is 17.2 Å². The number of halogens is 1. The SMILES string of the molecule is Cc1cc2nc(SCC(=O)NCc3cccc(Br)c3)n(-c3ccccc3)c(=O)c2[nH]1. The van der Waals surface area contributed by atoms with Crippen LogP contribution < -0.4 is 10.9 Å². The zero-order valence-electron chi connectivity index (χ0n) is 16.2.